The fourth-order valence-electron chi connectivity index (χ4n) is 3.51. The van der Waals surface area contributed by atoms with Crippen LogP contribution < -0.4 is 10.6 Å². The lowest BCUT2D eigenvalue weighted by atomic mass is 9.91. The third-order valence-corrected chi connectivity index (χ3v) is 4.91. The van der Waals surface area contributed by atoms with Crippen LogP contribution in [-0.2, 0) is 0 Å². The molecule has 1 aromatic rings. The van der Waals surface area contributed by atoms with Crippen molar-refractivity contribution in [2.24, 2.45) is 5.92 Å². The van der Waals surface area contributed by atoms with E-state index in [1.165, 1.54) is 44.3 Å². The standard InChI is InChI=1S/C14H19BrN2/c15-12-9-11(16)6-7-14(12)17-8-2-4-10-3-1-5-13(10)17/h6-7,9-10,13H,1-5,8,16H2. The van der Waals surface area contributed by atoms with Gasteiger partial charge in [-0.2, -0.15) is 0 Å². The minimum atomic E-state index is 0.767. The van der Waals surface area contributed by atoms with Gasteiger partial charge < -0.3 is 10.6 Å². The molecule has 2 unspecified atom stereocenters. The molecule has 0 aromatic heterocycles. The number of anilines is 2. The lowest BCUT2D eigenvalue weighted by molar-refractivity contribution is 0.362. The number of nitrogen functional groups attached to an aromatic ring is 1. The van der Waals surface area contributed by atoms with E-state index in [1.54, 1.807) is 0 Å². The average Bonchev–Trinajstić information content (AvgIpc) is 2.77. The molecule has 0 radical (unpaired) electrons. The maximum atomic E-state index is 5.82. The van der Waals surface area contributed by atoms with Crippen LogP contribution in [0.5, 0.6) is 0 Å². The molecule has 1 aromatic carbocycles. The van der Waals surface area contributed by atoms with E-state index in [4.69, 9.17) is 5.73 Å². The van der Waals surface area contributed by atoms with Gasteiger partial charge in [0.1, 0.15) is 0 Å². The monoisotopic (exact) mass is 294 g/mol. The molecule has 3 rings (SSSR count). The van der Waals surface area contributed by atoms with E-state index in [-0.39, 0.29) is 0 Å². The first-order valence-corrected chi connectivity index (χ1v) is 7.36. The highest BCUT2D eigenvalue weighted by Gasteiger charge is 2.35. The van der Waals surface area contributed by atoms with Gasteiger partial charge in [0.05, 0.1) is 5.69 Å². The van der Waals surface area contributed by atoms with Crippen LogP contribution in [0.25, 0.3) is 0 Å². The lowest BCUT2D eigenvalue weighted by Gasteiger charge is -2.40. The normalized spacial score (nSPS) is 28.2. The molecule has 0 bridgehead atoms. The molecule has 2 N–H and O–H groups in total. The number of nitrogens with two attached hydrogens (primary N) is 1. The molecule has 2 nitrogen and oxygen atoms in total. The summed E-state index contributed by atoms with van der Waals surface area (Å²) in [7, 11) is 0. The molecule has 3 heteroatoms. The van der Waals surface area contributed by atoms with Gasteiger partial charge in [-0.1, -0.05) is 6.42 Å². The van der Waals surface area contributed by atoms with Gasteiger partial charge in [-0.3, -0.25) is 0 Å². The van der Waals surface area contributed by atoms with Gasteiger partial charge in [0.25, 0.3) is 0 Å². The first kappa shape index (κ1) is 11.4. The Morgan fingerprint density at radius 1 is 1.18 bits per heavy atom. The predicted octanol–water partition coefficient (Wildman–Crippen LogP) is 3.80. The van der Waals surface area contributed by atoms with E-state index < -0.39 is 0 Å². The van der Waals surface area contributed by atoms with Crippen LogP contribution in [-0.4, -0.2) is 12.6 Å². The minimum Gasteiger partial charge on any atom is -0.399 e. The molecule has 1 saturated heterocycles. The van der Waals surface area contributed by atoms with Gasteiger partial charge in [-0.05, 0) is 65.7 Å². The molecular weight excluding hydrogens is 276 g/mol. The minimum absolute atomic E-state index is 0.767. The summed E-state index contributed by atoms with van der Waals surface area (Å²) in [4.78, 5) is 2.60. The molecule has 0 amide bonds. The van der Waals surface area contributed by atoms with E-state index in [2.05, 4.69) is 26.9 Å². The zero-order valence-corrected chi connectivity index (χ0v) is 11.6. The largest absolute Gasteiger partial charge is 0.399 e. The number of halogens is 1. The second kappa shape index (κ2) is 4.52. The van der Waals surface area contributed by atoms with Crippen LogP contribution >= 0.6 is 15.9 Å². The Balaban J connectivity index is 1.91. The third kappa shape index (κ3) is 2.05. The smallest absolute Gasteiger partial charge is 0.0514 e. The van der Waals surface area contributed by atoms with Crippen molar-refractivity contribution in [3.63, 3.8) is 0 Å². The highest BCUT2D eigenvalue weighted by molar-refractivity contribution is 9.10. The van der Waals surface area contributed by atoms with Gasteiger partial charge in [0.15, 0.2) is 0 Å². The summed E-state index contributed by atoms with van der Waals surface area (Å²) >= 11 is 3.66. The molecule has 2 atom stereocenters. The number of hydrogen-bond acceptors (Lipinski definition) is 2. The topological polar surface area (TPSA) is 29.3 Å². The van der Waals surface area contributed by atoms with Crippen molar-refractivity contribution in [2.45, 2.75) is 38.1 Å². The number of nitrogens with zero attached hydrogens (tertiary/aromatic N) is 1. The van der Waals surface area contributed by atoms with Crippen LogP contribution in [0.3, 0.4) is 0 Å². The number of fused-ring (bicyclic) bond motifs is 1. The predicted molar refractivity (Wildman–Crippen MR) is 76.3 cm³/mol. The molecule has 1 aliphatic heterocycles. The van der Waals surface area contributed by atoms with Crippen LogP contribution in [0.1, 0.15) is 32.1 Å². The van der Waals surface area contributed by atoms with E-state index in [1.807, 2.05) is 12.1 Å². The molecule has 92 valence electrons. The summed E-state index contributed by atoms with van der Waals surface area (Å²) in [5.41, 5.74) is 7.98. The summed E-state index contributed by atoms with van der Waals surface area (Å²) in [6.45, 7) is 1.20. The highest BCUT2D eigenvalue weighted by Crippen LogP contribution is 2.41. The molecule has 2 aliphatic rings. The van der Waals surface area contributed by atoms with E-state index in [0.29, 0.717) is 0 Å². The Kier molecular flexibility index (Phi) is 3.03. The lowest BCUT2D eigenvalue weighted by Crippen LogP contribution is -2.42. The molecular formula is C14H19BrN2. The van der Waals surface area contributed by atoms with Crippen molar-refractivity contribution in [1.29, 1.82) is 0 Å². The van der Waals surface area contributed by atoms with Crippen molar-refractivity contribution in [3.8, 4) is 0 Å². The van der Waals surface area contributed by atoms with Crippen LogP contribution in [0, 0.1) is 5.92 Å². The summed E-state index contributed by atoms with van der Waals surface area (Å²) < 4.78 is 1.14. The van der Waals surface area contributed by atoms with Crippen molar-refractivity contribution in [2.75, 3.05) is 17.2 Å². The van der Waals surface area contributed by atoms with E-state index >= 15 is 0 Å². The second-order valence-electron chi connectivity index (χ2n) is 5.30. The highest BCUT2D eigenvalue weighted by atomic mass is 79.9. The van der Waals surface area contributed by atoms with Gasteiger partial charge >= 0.3 is 0 Å². The van der Waals surface area contributed by atoms with Crippen LogP contribution in [0.2, 0.25) is 0 Å². The number of hydrogen-bond donors (Lipinski definition) is 1. The molecule has 0 spiro atoms. The van der Waals surface area contributed by atoms with Gasteiger partial charge in [-0.25, -0.2) is 0 Å². The van der Waals surface area contributed by atoms with Crippen molar-refractivity contribution >= 4 is 27.3 Å². The van der Waals surface area contributed by atoms with Crippen molar-refractivity contribution in [3.05, 3.63) is 22.7 Å². The quantitative estimate of drug-likeness (QED) is 0.798. The second-order valence-corrected chi connectivity index (χ2v) is 6.16. The summed E-state index contributed by atoms with van der Waals surface area (Å²) in [5.74, 6) is 0.924. The molecule has 2 fully saturated rings. The number of piperidine rings is 1. The Bertz CT molecular complexity index is 419. The number of benzene rings is 1. The third-order valence-electron chi connectivity index (χ3n) is 4.27. The van der Waals surface area contributed by atoms with Crippen LogP contribution in [0.4, 0.5) is 11.4 Å². The number of rotatable bonds is 1. The first-order chi connectivity index (χ1) is 8.25. The summed E-state index contributed by atoms with van der Waals surface area (Å²) in [5, 5.41) is 0. The van der Waals surface area contributed by atoms with Crippen LogP contribution in [0.15, 0.2) is 22.7 Å². The molecule has 1 saturated carbocycles. The summed E-state index contributed by atoms with van der Waals surface area (Å²) in [6.07, 6.45) is 6.94. The SMILES string of the molecule is Nc1ccc(N2CCCC3CCCC32)c(Br)c1. The zero-order chi connectivity index (χ0) is 11.8. The fourth-order valence-corrected chi connectivity index (χ4v) is 4.13. The Labute approximate surface area is 111 Å². The van der Waals surface area contributed by atoms with Crippen molar-refractivity contribution in [1.82, 2.24) is 0 Å². The van der Waals surface area contributed by atoms with E-state index in [0.717, 1.165) is 22.1 Å². The van der Waals surface area contributed by atoms with Crippen molar-refractivity contribution < 1.29 is 0 Å². The fraction of sp³-hybridized carbons (Fsp3) is 0.571. The van der Waals surface area contributed by atoms with Gasteiger partial charge in [0, 0.05) is 22.7 Å². The van der Waals surface area contributed by atoms with Gasteiger partial charge in [0.2, 0.25) is 0 Å². The summed E-state index contributed by atoms with van der Waals surface area (Å²) in [6, 6.07) is 6.97. The Hall–Kier alpha value is -0.700. The van der Waals surface area contributed by atoms with Gasteiger partial charge in [-0.15, -0.1) is 0 Å². The first-order valence-electron chi connectivity index (χ1n) is 6.57. The molecule has 1 heterocycles. The zero-order valence-electron chi connectivity index (χ0n) is 10.0. The maximum absolute atomic E-state index is 5.82. The molecule has 17 heavy (non-hydrogen) atoms. The Morgan fingerprint density at radius 3 is 2.82 bits per heavy atom. The Morgan fingerprint density at radius 2 is 2.00 bits per heavy atom. The molecule has 1 aliphatic carbocycles. The van der Waals surface area contributed by atoms with E-state index in [9.17, 15) is 0 Å². The average molecular weight is 295 g/mol. The maximum Gasteiger partial charge on any atom is 0.0514 e.